The zero-order chi connectivity index (χ0) is 12.3. The van der Waals surface area contributed by atoms with Crippen LogP contribution >= 0.6 is 0 Å². The van der Waals surface area contributed by atoms with Crippen molar-refractivity contribution >= 4 is 5.97 Å². The highest BCUT2D eigenvalue weighted by Gasteiger charge is 2.40. The molecule has 0 aliphatic heterocycles. The molecule has 1 rings (SSSR count). The monoisotopic (exact) mass is 227 g/mol. The Morgan fingerprint density at radius 3 is 1.94 bits per heavy atom. The first-order valence-corrected chi connectivity index (χ1v) is 6.38. The molecule has 2 unspecified atom stereocenters. The van der Waals surface area contributed by atoms with Gasteiger partial charge in [-0.1, -0.05) is 27.7 Å². The topological polar surface area (TPSA) is 40.5 Å². The summed E-state index contributed by atoms with van der Waals surface area (Å²) in [5.41, 5.74) is 0. The summed E-state index contributed by atoms with van der Waals surface area (Å²) in [6.07, 6.45) is 1.91. The van der Waals surface area contributed by atoms with Crippen LogP contribution in [0.5, 0.6) is 0 Å². The lowest BCUT2D eigenvalue weighted by atomic mass is 9.78. The quantitative estimate of drug-likeness (QED) is 0.757. The molecule has 1 fully saturated rings. The van der Waals surface area contributed by atoms with Crippen molar-refractivity contribution in [2.45, 2.75) is 46.6 Å². The first kappa shape index (κ1) is 13.5. The van der Waals surface area contributed by atoms with Crippen LogP contribution in [-0.4, -0.2) is 35.1 Å². The zero-order valence-corrected chi connectivity index (χ0v) is 10.9. The Labute approximate surface area is 98.8 Å². The molecule has 0 aromatic carbocycles. The van der Waals surface area contributed by atoms with Crippen LogP contribution in [0.2, 0.25) is 0 Å². The smallest absolute Gasteiger partial charge is 0.308 e. The van der Waals surface area contributed by atoms with E-state index in [1.165, 1.54) is 0 Å². The zero-order valence-electron chi connectivity index (χ0n) is 10.9. The van der Waals surface area contributed by atoms with Crippen LogP contribution in [0.25, 0.3) is 0 Å². The van der Waals surface area contributed by atoms with Gasteiger partial charge in [-0.25, -0.2) is 0 Å². The molecule has 1 aliphatic rings. The third kappa shape index (κ3) is 3.48. The number of carboxylic acid groups (broad SMARTS) is 1. The molecule has 0 spiro atoms. The second kappa shape index (κ2) is 5.67. The summed E-state index contributed by atoms with van der Waals surface area (Å²) in [5.74, 6) is 0.467. The Morgan fingerprint density at radius 1 is 1.19 bits per heavy atom. The van der Waals surface area contributed by atoms with Crippen LogP contribution in [0, 0.1) is 17.8 Å². The summed E-state index contributed by atoms with van der Waals surface area (Å²) in [6, 6.07) is 0.280. The van der Waals surface area contributed by atoms with E-state index in [1.54, 1.807) is 0 Å². The molecule has 0 saturated heterocycles. The molecule has 0 radical (unpaired) electrons. The summed E-state index contributed by atoms with van der Waals surface area (Å²) in [4.78, 5) is 13.4. The van der Waals surface area contributed by atoms with Gasteiger partial charge in [-0.15, -0.1) is 0 Å². The fraction of sp³-hybridized carbons (Fsp3) is 0.923. The predicted molar refractivity (Wildman–Crippen MR) is 65.4 cm³/mol. The second-order valence-electron chi connectivity index (χ2n) is 5.83. The maximum Gasteiger partial charge on any atom is 0.308 e. The Kier molecular flexibility index (Phi) is 4.78. The van der Waals surface area contributed by atoms with E-state index in [-0.39, 0.29) is 12.0 Å². The minimum absolute atomic E-state index is 0.127. The minimum atomic E-state index is -0.617. The van der Waals surface area contributed by atoms with Gasteiger partial charge in [-0.05, 0) is 24.7 Å². The van der Waals surface area contributed by atoms with Crippen molar-refractivity contribution in [3.05, 3.63) is 0 Å². The van der Waals surface area contributed by atoms with Crippen molar-refractivity contribution in [1.29, 1.82) is 0 Å². The molecule has 94 valence electrons. The van der Waals surface area contributed by atoms with Crippen LogP contribution in [0.4, 0.5) is 0 Å². The maximum absolute atomic E-state index is 11.0. The largest absolute Gasteiger partial charge is 0.481 e. The molecular formula is C13H25NO2. The lowest BCUT2D eigenvalue weighted by molar-refractivity contribution is -0.149. The third-order valence-corrected chi connectivity index (χ3v) is 3.22. The summed E-state index contributed by atoms with van der Waals surface area (Å²) >= 11 is 0. The highest BCUT2D eigenvalue weighted by molar-refractivity contribution is 5.72. The molecule has 0 amide bonds. The molecule has 0 bridgehead atoms. The maximum atomic E-state index is 11.0. The Hall–Kier alpha value is -0.570. The van der Waals surface area contributed by atoms with Crippen molar-refractivity contribution in [2.75, 3.05) is 13.1 Å². The van der Waals surface area contributed by atoms with Gasteiger partial charge in [0.25, 0.3) is 0 Å². The van der Waals surface area contributed by atoms with E-state index in [4.69, 9.17) is 5.11 Å². The fourth-order valence-corrected chi connectivity index (χ4v) is 2.49. The lowest BCUT2D eigenvalue weighted by Crippen LogP contribution is -2.52. The Bertz CT molecular complexity index is 228. The Balaban J connectivity index is 2.57. The molecule has 3 heteroatoms. The SMILES string of the molecule is CC(C)CN(CC(C)C)C1CCC1C(=O)O. The molecule has 1 aliphatic carbocycles. The summed E-state index contributed by atoms with van der Waals surface area (Å²) in [6.45, 7) is 10.8. The van der Waals surface area contributed by atoms with Gasteiger partial charge in [-0.3, -0.25) is 9.69 Å². The minimum Gasteiger partial charge on any atom is -0.481 e. The number of aliphatic carboxylic acids is 1. The van der Waals surface area contributed by atoms with Crippen molar-refractivity contribution in [3.63, 3.8) is 0 Å². The number of hydrogen-bond donors (Lipinski definition) is 1. The fourth-order valence-electron chi connectivity index (χ4n) is 2.49. The van der Waals surface area contributed by atoms with Crippen LogP contribution in [-0.2, 0) is 4.79 Å². The van der Waals surface area contributed by atoms with E-state index in [1.807, 2.05) is 0 Å². The van der Waals surface area contributed by atoms with E-state index in [2.05, 4.69) is 32.6 Å². The lowest BCUT2D eigenvalue weighted by Gasteiger charge is -2.43. The highest BCUT2D eigenvalue weighted by atomic mass is 16.4. The van der Waals surface area contributed by atoms with Crippen molar-refractivity contribution in [1.82, 2.24) is 4.90 Å². The molecule has 0 aromatic heterocycles. The van der Waals surface area contributed by atoms with Gasteiger partial charge in [0.1, 0.15) is 0 Å². The average molecular weight is 227 g/mol. The van der Waals surface area contributed by atoms with E-state index >= 15 is 0 Å². The third-order valence-electron chi connectivity index (χ3n) is 3.22. The number of carboxylic acids is 1. The van der Waals surface area contributed by atoms with E-state index in [0.29, 0.717) is 11.8 Å². The molecule has 2 atom stereocenters. The number of nitrogens with zero attached hydrogens (tertiary/aromatic N) is 1. The summed E-state index contributed by atoms with van der Waals surface area (Å²) < 4.78 is 0. The second-order valence-corrected chi connectivity index (χ2v) is 5.83. The molecule has 0 aromatic rings. The van der Waals surface area contributed by atoms with Gasteiger partial charge >= 0.3 is 5.97 Å². The van der Waals surface area contributed by atoms with Crippen molar-refractivity contribution in [2.24, 2.45) is 17.8 Å². The molecule has 1 N–H and O–H groups in total. The summed E-state index contributed by atoms with van der Waals surface area (Å²) in [7, 11) is 0. The van der Waals surface area contributed by atoms with Crippen LogP contribution in [0.3, 0.4) is 0 Å². The first-order chi connectivity index (χ1) is 7.41. The molecule has 1 saturated carbocycles. The number of hydrogen-bond acceptors (Lipinski definition) is 2. The first-order valence-electron chi connectivity index (χ1n) is 6.38. The van der Waals surface area contributed by atoms with Gasteiger partial charge < -0.3 is 5.11 Å². The van der Waals surface area contributed by atoms with Gasteiger partial charge in [0.05, 0.1) is 5.92 Å². The standard InChI is InChI=1S/C13H25NO2/c1-9(2)7-14(8-10(3)4)12-6-5-11(12)13(15)16/h9-12H,5-8H2,1-4H3,(H,15,16). The number of rotatable bonds is 6. The average Bonchev–Trinajstić information content (AvgIpc) is 1.96. The summed E-state index contributed by atoms with van der Waals surface area (Å²) in [5, 5.41) is 9.09. The number of carbonyl (C=O) groups is 1. The van der Waals surface area contributed by atoms with Crippen LogP contribution in [0.1, 0.15) is 40.5 Å². The van der Waals surface area contributed by atoms with Gasteiger partial charge in [0.15, 0.2) is 0 Å². The van der Waals surface area contributed by atoms with Crippen molar-refractivity contribution in [3.8, 4) is 0 Å². The highest BCUT2D eigenvalue weighted by Crippen LogP contribution is 2.33. The van der Waals surface area contributed by atoms with Gasteiger partial charge in [-0.2, -0.15) is 0 Å². The normalized spacial score (nSPS) is 25.2. The van der Waals surface area contributed by atoms with Gasteiger partial charge in [0, 0.05) is 19.1 Å². The van der Waals surface area contributed by atoms with Gasteiger partial charge in [0.2, 0.25) is 0 Å². The van der Waals surface area contributed by atoms with E-state index in [0.717, 1.165) is 25.9 Å². The molecule has 3 nitrogen and oxygen atoms in total. The Morgan fingerprint density at radius 2 is 1.69 bits per heavy atom. The van der Waals surface area contributed by atoms with E-state index < -0.39 is 5.97 Å². The predicted octanol–water partition coefficient (Wildman–Crippen LogP) is 2.46. The molecule has 0 heterocycles. The molecular weight excluding hydrogens is 202 g/mol. The van der Waals surface area contributed by atoms with Crippen LogP contribution in [0.15, 0.2) is 0 Å². The van der Waals surface area contributed by atoms with Crippen molar-refractivity contribution < 1.29 is 9.90 Å². The van der Waals surface area contributed by atoms with E-state index in [9.17, 15) is 4.79 Å². The van der Waals surface area contributed by atoms with Crippen LogP contribution < -0.4 is 0 Å². The molecule has 16 heavy (non-hydrogen) atoms.